The Morgan fingerprint density at radius 3 is 3.00 bits per heavy atom. The van der Waals surface area contributed by atoms with E-state index in [0.717, 1.165) is 10.0 Å². The van der Waals surface area contributed by atoms with E-state index in [1.165, 1.54) is 6.07 Å². The quantitative estimate of drug-likeness (QED) is 0.868. The lowest BCUT2D eigenvalue weighted by molar-refractivity contribution is 0.305. The van der Waals surface area contributed by atoms with Crippen LogP contribution in [0.3, 0.4) is 0 Å². The van der Waals surface area contributed by atoms with Crippen molar-refractivity contribution in [1.29, 1.82) is 0 Å². The summed E-state index contributed by atoms with van der Waals surface area (Å²) in [6.07, 6.45) is 4.40. The minimum atomic E-state index is -0.348. The maximum atomic E-state index is 13.3. The predicted molar refractivity (Wildman–Crippen MR) is 66.5 cm³/mol. The Balaban J connectivity index is 1.91. The molecule has 2 rings (SSSR count). The van der Waals surface area contributed by atoms with Gasteiger partial charge in [-0.15, -0.1) is 0 Å². The normalized spacial score (nSPS) is 10.5. The molecule has 1 aromatic carbocycles. The average Bonchev–Trinajstić information content (AvgIpc) is 2.69. The van der Waals surface area contributed by atoms with Crippen LogP contribution in [0.25, 0.3) is 0 Å². The lowest BCUT2D eigenvalue weighted by Gasteiger charge is -2.06. The third kappa shape index (κ3) is 3.30. The predicted octanol–water partition coefficient (Wildman–Crippen LogP) is 2.94. The molecular weight excluding hydrogens is 287 g/mol. The highest BCUT2D eigenvalue weighted by atomic mass is 79.9. The Hall–Kier alpha value is -1.36. The van der Waals surface area contributed by atoms with Crippen molar-refractivity contribution in [2.45, 2.75) is 6.42 Å². The van der Waals surface area contributed by atoms with Gasteiger partial charge in [-0.1, -0.05) is 15.9 Å². The van der Waals surface area contributed by atoms with Crippen molar-refractivity contribution in [3.05, 3.63) is 46.4 Å². The summed E-state index contributed by atoms with van der Waals surface area (Å²) in [5, 5.41) is 4.05. The first-order valence-corrected chi connectivity index (χ1v) is 6.00. The van der Waals surface area contributed by atoms with Crippen LogP contribution in [-0.4, -0.2) is 16.4 Å². The van der Waals surface area contributed by atoms with E-state index < -0.39 is 0 Å². The standard InChI is InChI=1S/C12H12BrFN2O/c1-16-8-9(7-15-16)4-5-17-12-6-10(13)2-3-11(12)14/h2-3,6-8H,4-5H2,1H3. The first-order chi connectivity index (χ1) is 8.15. The van der Waals surface area contributed by atoms with E-state index >= 15 is 0 Å². The lowest BCUT2D eigenvalue weighted by atomic mass is 10.3. The van der Waals surface area contributed by atoms with Gasteiger partial charge in [0.05, 0.1) is 12.8 Å². The van der Waals surface area contributed by atoms with Crippen LogP contribution in [0.4, 0.5) is 4.39 Å². The molecule has 0 N–H and O–H groups in total. The number of aromatic nitrogens is 2. The summed E-state index contributed by atoms with van der Waals surface area (Å²) in [7, 11) is 1.86. The number of hydrogen-bond acceptors (Lipinski definition) is 2. The van der Waals surface area contributed by atoms with E-state index in [4.69, 9.17) is 4.74 Å². The van der Waals surface area contributed by atoms with Crippen LogP contribution in [-0.2, 0) is 13.5 Å². The van der Waals surface area contributed by atoms with E-state index in [2.05, 4.69) is 21.0 Å². The Morgan fingerprint density at radius 1 is 1.47 bits per heavy atom. The molecule has 1 aromatic heterocycles. The third-order valence-electron chi connectivity index (χ3n) is 2.30. The van der Waals surface area contributed by atoms with Gasteiger partial charge in [-0.3, -0.25) is 4.68 Å². The van der Waals surface area contributed by atoms with E-state index in [1.807, 2.05) is 13.2 Å². The molecule has 0 radical (unpaired) electrons. The summed E-state index contributed by atoms with van der Waals surface area (Å²) in [4.78, 5) is 0. The number of ether oxygens (including phenoxy) is 1. The zero-order valence-electron chi connectivity index (χ0n) is 9.36. The smallest absolute Gasteiger partial charge is 0.165 e. The minimum absolute atomic E-state index is 0.267. The Bertz CT molecular complexity index is 513. The fourth-order valence-electron chi connectivity index (χ4n) is 1.47. The van der Waals surface area contributed by atoms with Crippen molar-refractivity contribution in [2.75, 3.05) is 6.61 Å². The maximum absolute atomic E-state index is 13.3. The number of halogens is 2. The molecule has 0 atom stereocenters. The maximum Gasteiger partial charge on any atom is 0.165 e. The van der Waals surface area contributed by atoms with Gasteiger partial charge in [0.2, 0.25) is 0 Å². The highest BCUT2D eigenvalue weighted by molar-refractivity contribution is 9.10. The number of benzene rings is 1. The van der Waals surface area contributed by atoms with E-state index in [-0.39, 0.29) is 11.6 Å². The molecule has 90 valence electrons. The fraction of sp³-hybridized carbons (Fsp3) is 0.250. The van der Waals surface area contributed by atoms with Gasteiger partial charge in [0.1, 0.15) is 0 Å². The summed E-state index contributed by atoms with van der Waals surface area (Å²) in [6.45, 7) is 0.430. The van der Waals surface area contributed by atoms with Gasteiger partial charge in [0.25, 0.3) is 0 Å². The molecule has 0 amide bonds. The average molecular weight is 299 g/mol. The van der Waals surface area contributed by atoms with Crippen LogP contribution in [0.5, 0.6) is 5.75 Å². The van der Waals surface area contributed by atoms with Crippen LogP contribution in [0.1, 0.15) is 5.56 Å². The van der Waals surface area contributed by atoms with Gasteiger partial charge < -0.3 is 4.74 Å². The van der Waals surface area contributed by atoms with E-state index in [1.54, 1.807) is 23.0 Å². The Morgan fingerprint density at radius 2 is 2.29 bits per heavy atom. The number of aryl methyl sites for hydroxylation is 1. The van der Waals surface area contributed by atoms with Crippen LogP contribution in [0.15, 0.2) is 35.1 Å². The van der Waals surface area contributed by atoms with Crippen LogP contribution in [0.2, 0.25) is 0 Å². The Kier molecular flexibility index (Phi) is 3.78. The van der Waals surface area contributed by atoms with E-state index in [9.17, 15) is 4.39 Å². The topological polar surface area (TPSA) is 27.1 Å². The second kappa shape index (κ2) is 5.31. The zero-order chi connectivity index (χ0) is 12.3. The molecule has 0 aliphatic heterocycles. The molecule has 0 fully saturated rings. The molecule has 5 heteroatoms. The molecule has 0 bridgehead atoms. The Labute approximate surface area is 107 Å². The lowest BCUT2D eigenvalue weighted by Crippen LogP contribution is -2.02. The molecular formula is C12H12BrFN2O. The first kappa shape index (κ1) is 12.1. The molecule has 1 heterocycles. The van der Waals surface area contributed by atoms with Crippen molar-refractivity contribution in [2.24, 2.45) is 7.05 Å². The van der Waals surface area contributed by atoms with Crippen molar-refractivity contribution >= 4 is 15.9 Å². The van der Waals surface area contributed by atoms with Crippen LogP contribution < -0.4 is 4.74 Å². The molecule has 0 aliphatic carbocycles. The van der Waals surface area contributed by atoms with Gasteiger partial charge in [-0.2, -0.15) is 5.10 Å². The first-order valence-electron chi connectivity index (χ1n) is 5.20. The van der Waals surface area contributed by atoms with Gasteiger partial charge >= 0.3 is 0 Å². The monoisotopic (exact) mass is 298 g/mol. The molecule has 0 saturated carbocycles. The van der Waals surface area contributed by atoms with Crippen molar-refractivity contribution in [1.82, 2.24) is 9.78 Å². The summed E-state index contributed by atoms with van der Waals surface area (Å²) in [5.74, 6) is -0.0809. The molecule has 17 heavy (non-hydrogen) atoms. The summed E-state index contributed by atoms with van der Waals surface area (Å²) >= 11 is 3.28. The largest absolute Gasteiger partial charge is 0.490 e. The molecule has 0 aliphatic rings. The van der Waals surface area contributed by atoms with Crippen molar-refractivity contribution < 1.29 is 9.13 Å². The highest BCUT2D eigenvalue weighted by Gasteiger charge is 2.04. The van der Waals surface area contributed by atoms with Gasteiger partial charge in [-0.25, -0.2) is 4.39 Å². The molecule has 0 spiro atoms. The SMILES string of the molecule is Cn1cc(CCOc2cc(Br)ccc2F)cn1. The van der Waals surface area contributed by atoms with Gasteiger partial charge in [0, 0.05) is 24.1 Å². The number of hydrogen-bond donors (Lipinski definition) is 0. The number of rotatable bonds is 4. The van der Waals surface area contributed by atoms with Crippen molar-refractivity contribution in [3.63, 3.8) is 0 Å². The summed E-state index contributed by atoms with van der Waals surface area (Å²) in [5.41, 5.74) is 1.07. The van der Waals surface area contributed by atoms with Gasteiger partial charge in [-0.05, 0) is 23.8 Å². The molecule has 3 nitrogen and oxygen atoms in total. The molecule has 0 saturated heterocycles. The second-order valence-corrected chi connectivity index (χ2v) is 4.61. The van der Waals surface area contributed by atoms with E-state index in [0.29, 0.717) is 13.0 Å². The third-order valence-corrected chi connectivity index (χ3v) is 2.79. The number of nitrogens with zero attached hydrogens (tertiary/aromatic N) is 2. The molecule has 2 aromatic rings. The van der Waals surface area contributed by atoms with Crippen molar-refractivity contribution in [3.8, 4) is 5.75 Å². The minimum Gasteiger partial charge on any atom is -0.490 e. The zero-order valence-corrected chi connectivity index (χ0v) is 10.9. The second-order valence-electron chi connectivity index (χ2n) is 3.70. The van der Waals surface area contributed by atoms with Gasteiger partial charge in [0.15, 0.2) is 11.6 Å². The molecule has 0 unspecified atom stereocenters. The fourth-order valence-corrected chi connectivity index (χ4v) is 1.81. The summed E-state index contributed by atoms with van der Waals surface area (Å²) < 4.78 is 21.3. The highest BCUT2D eigenvalue weighted by Crippen LogP contribution is 2.22. The summed E-state index contributed by atoms with van der Waals surface area (Å²) in [6, 6.07) is 4.64. The van der Waals surface area contributed by atoms with Crippen LogP contribution in [0, 0.1) is 5.82 Å². The van der Waals surface area contributed by atoms with Crippen LogP contribution >= 0.6 is 15.9 Å².